The summed E-state index contributed by atoms with van der Waals surface area (Å²) < 4.78 is 6.08. The third kappa shape index (κ3) is 5.10. The zero-order valence-electron chi connectivity index (χ0n) is 15.3. The number of benzene rings is 3. The Balaban J connectivity index is 1.63. The molecule has 0 atom stereocenters. The van der Waals surface area contributed by atoms with E-state index in [1.165, 1.54) is 22.3 Å². The summed E-state index contributed by atoms with van der Waals surface area (Å²) >= 11 is 6.19. The summed E-state index contributed by atoms with van der Waals surface area (Å²) in [7, 11) is 0. The van der Waals surface area contributed by atoms with Crippen molar-refractivity contribution in [2.24, 2.45) is 0 Å². The normalized spacial score (nSPS) is 10.7. The first kappa shape index (κ1) is 18.5. The lowest BCUT2D eigenvalue weighted by molar-refractivity contribution is 0.301. The maximum Gasteiger partial charge on any atom is 0.124 e. The van der Waals surface area contributed by atoms with E-state index in [-0.39, 0.29) is 0 Å². The summed E-state index contributed by atoms with van der Waals surface area (Å²) in [6.07, 6.45) is 0. The van der Waals surface area contributed by atoms with Crippen LogP contribution < -0.4 is 10.1 Å². The van der Waals surface area contributed by atoms with E-state index in [4.69, 9.17) is 16.3 Å². The van der Waals surface area contributed by atoms with Gasteiger partial charge in [0.15, 0.2) is 0 Å². The summed E-state index contributed by atoms with van der Waals surface area (Å²) in [5, 5.41) is 4.20. The Kier molecular flexibility index (Phi) is 6.32. The molecule has 134 valence electrons. The molecule has 0 fully saturated rings. The molecule has 3 aromatic rings. The van der Waals surface area contributed by atoms with E-state index in [1.54, 1.807) is 0 Å². The van der Waals surface area contributed by atoms with Crippen LogP contribution in [-0.4, -0.2) is 0 Å². The standard InChI is InChI=1S/C23H24ClNO/c1-17-7-9-19(10-8-17)14-25-15-21-13-22(24)11-12-23(21)26-16-20-6-4-3-5-18(20)2/h3-13,25H,14-16H2,1-2H3. The van der Waals surface area contributed by atoms with E-state index in [0.717, 1.165) is 22.9 Å². The second kappa shape index (κ2) is 8.88. The highest BCUT2D eigenvalue weighted by molar-refractivity contribution is 6.30. The fourth-order valence-corrected chi connectivity index (χ4v) is 3.00. The number of rotatable bonds is 7. The third-order valence-electron chi connectivity index (χ3n) is 4.43. The summed E-state index contributed by atoms with van der Waals surface area (Å²) in [6, 6.07) is 22.6. The Morgan fingerprint density at radius 3 is 2.38 bits per heavy atom. The van der Waals surface area contributed by atoms with Crippen LogP contribution in [0.2, 0.25) is 5.02 Å². The molecule has 0 amide bonds. The molecule has 0 saturated heterocycles. The number of halogens is 1. The van der Waals surface area contributed by atoms with Crippen LogP contribution in [0.25, 0.3) is 0 Å². The van der Waals surface area contributed by atoms with E-state index >= 15 is 0 Å². The van der Waals surface area contributed by atoms with Crippen molar-refractivity contribution in [1.82, 2.24) is 5.32 Å². The van der Waals surface area contributed by atoms with E-state index in [2.05, 4.69) is 55.6 Å². The Labute approximate surface area is 160 Å². The van der Waals surface area contributed by atoms with Gasteiger partial charge in [-0.15, -0.1) is 0 Å². The lowest BCUT2D eigenvalue weighted by atomic mass is 10.1. The topological polar surface area (TPSA) is 21.3 Å². The molecule has 3 heteroatoms. The van der Waals surface area contributed by atoms with Gasteiger partial charge < -0.3 is 10.1 Å². The van der Waals surface area contributed by atoms with Gasteiger partial charge >= 0.3 is 0 Å². The first-order valence-corrected chi connectivity index (χ1v) is 9.21. The number of hydrogen-bond donors (Lipinski definition) is 1. The molecule has 0 aromatic heterocycles. The van der Waals surface area contributed by atoms with Crippen molar-refractivity contribution in [2.75, 3.05) is 0 Å². The fraction of sp³-hybridized carbons (Fsp3) is 0.217. The maximum absolute atomic E-state index is 6.19. The van der Waals surface area contributed by atoms with Crippen molar-refractivity contribution in [3.05, 3.63) is 99.6 Å². The number of ether oxygens (including phenoxy) is 1. The molecule has 0 saturated carbocycles. The second-order valence-corrected chi connectivity index (χ2v) is 6.99. The minimum Gasteiger partial charge on any atom is -0.489 e. The molecule has 0 radical (unpaired) electrons. The van der Waals surface area contributed by atoms with Gasteiger partial charge in [0.1, 0.15) is 12.4 Å². The molecular formula is C23H24ClNO. The molecule has 3 rings (SSSR count). The lowest BCUT2D eigenvalue weighted by Gasteiger charge is -2.14. The van der Waals surface area contributed by atoms with Gasteiger partial charge in [-0.2, -0.15) is 0 Å². The molecule has 3 aromatic carbocycles. The minimum absolute atomic E-state index is 0.555. The van der Waals surface area contributed by atoms with Gasteiger partial charge in [0, 0.05) is 23.7 Å². The lowest BCUT2D eigenvalue weighted by Crippen LogP contribution is -2.13. The van der Waals surface area contributed by atoms with Crippen LogP contribution in [0.1, 0.15) is 27.8 Å². The van der Waals surface area contributed by atoms with Crippen LogP contribution in [0.3, 0.4) is 0 Å². The van der Waals surface area contributed by atoms with Gasteiger partial charge in [-0.25, -0.2) is 0 Å². The van der Waals surface area contributed by atoms with Crippen LogP contribution in [0, 0.1) is 13.8 Å². The summed E-state index contributed by atoms with van der Waals surface area (Å²) in [4.78, 5) is 0. The SMILES string of the molecule is Cc1ccc(CNCc2cc(Cl)ccc2OCc2ccccc2C)cc1. The Bertz CT molecular complexity index is 858. The number of hydrogen-bond acceptors (Lipinski definition) is 2. The van der Waals surface area contributed by atoms with Crippen LogP contribution in [0.15, 0.2) is 66.7 Å². The van der Waals surface area contributed by atoms with E-state index < -0.39 is 0 Å². The van der Waals surface area contributed by atoms with Crippen molar-refractivity contribution in [1.29, 1.82) is 0 Å². The van der Waals surface area contributed by atoms with E-state index in [1.807, 2.05) is 30.3 Å². The highest BCUT2D eigenvalue weighted by atomic mass is 35.5. The first-order chi connectivity index (χ1) is 12.6. The molecule has 0 aliphatic heterocycles. The zero-order valence-corrected chi connectivity index (χ0v) is 16.0. The average Bonchev–Trinajstić information content (AvgIpc) is 2.64. The van der Waals surface area contributed by atoms with Gasteiger partial charge in [-0.05, 0) is 48.7 Å². The average molecular weight is 366 g/mol. The number of aryl methyl sites for hydroxylation is 2. The molecule has 1 N–H and O–H groups in total. The third-order valence-corrected chi connectivity index (χ3v) is 4.67. The molecule has 2 nitrogen and oxygen atoms in total. The van der Waals surface area contributed by atoms with Gasteiger partial charge in [-0.1, -0.05) is 65.7 Å². The van der Waals surface area contributed by atoms with Crippen LogP contribution in [-0.2, 0) is 19.7 Å². The predicted molar refractivity (Wildman–Crippen MR) is 109 cm³/mol. The number of nitrogens with one attached hydrogen (secondary N) is 1. The Hall–Kier alpha value is -2.29. The molecule has 0 unspecified atom stereocenters. The largest absolute Gasteiger partial charge is 0.489 e. The van der Waals surface area contributed by atoms with Crippen LogP contribution in [0.5, 0.6) is 5.75 Å². The Morgan fingerprint density at radius 2 is 1.62 bits per heavy atom. The highest BCUT2D eigenvalue weighted by Gasteiger charge is 2.06. The van der Waals surface area contributed by atoms with E-state index in [0.29, 0.717) is 13.2 Å². The van der Waals surface area contributed by atoms with Gasteiger partial charge in [0.2, 0.25) is 0 Å². The maximum atomic E-state index is 6.19. The van der Waals surface area contributed by atoms with Crippen LogP contribution >= 0.6 is 11.6 Å². The summed E-state index contributed by atoms with van der Waals surface area (Å²) in [5.74, 6) is 0.869. The molecule has 0 bridgehead atoms. The molecule has 0 aliphatic carbocycles. The van der Waals surface area contributed by atoms with Gasteiger partial charge in [0.05, 0.1) is 0 Å². The van der Waals surface area contributed by atoms with Crippen molar-refractivity contribution >= 4 is 11.6 Å². The molecule has 0 heterocycles. The Morgan fingerprint density at radius 1 is 0.846 bits per heavy atom. The fourth-order valence-electron chi connectivity index (χ4n) is 2.80. The quantitative estimate of drug-likeness (QED) is 0.569. The molecular weight excluding hydrogens is 342 g/mol. The van der Waals surface area contributed by atoms with Gasteiger partial charge in [-0.3, -0.25) is 0 Å². The molecule has 0 aliphatic rings. The monoisotopic (exact) mass is 365 g/mol. The van der Waals surface area contributed by atoms with Crippen LogP contribution in [0.4, 0.5) is 0 Å². The van der Waals surface area contributed by atoms with Gasteiger partial charge in [0.25, 0.3) is 0 Å². The first-order valence-electron chi connectivity index (χ1n) is 8.84. The smallest absolute Gasteiger partial charge is 0.124 e. The van der Waals surface area contributed by atoms with Crippen molar-refractivity contribution in [3.8, 4) is 5.75 Å². The second-order valence-electron chi connectivity index (χ2n) is 6.56. The zero-order chi connectivity index (χ0) is 18.4. The van der Waals surface area contributed by atoms with Crippen molar-refractivity contribution in [3.63, 3.8) is 0 Å². The molecule has 0 spiro atoms. The molecule has 26 heavy (non-hydrogen) atoms. The van der Waals surface area contributed by atoms with Crippen molar-refractivity contribution in [2.45, 2.75) is 33.5 Å². The highest BCUT2D eigenvalue weighted by Crippen LogP contribution is 2.24. The summed E-state index contributed by atoms with van der Waals surface area (Å²) in [6.45, 7) is 6.27. The minimum atomic E-state index is 0.555. The van der Waals surface area contributed by atoms with Crippen molar-refractivity contribution < 1.29 is 4.74 Å². The van der Waals surface area contributed by atoms with E-state index in [9.17, 15) is 0 Å². The summed E-state index contributed by atoms with van der Waals surface area (Å²) in [5.41, 5.74) is 6.04. The predicted octanol–water partition coefficient (Wildman–Crippen LogP) is 5.83.